The highest BCUT2D eigenvalue weighted by Crippen LogP contribution is 2.18. The average molecular weight is 443 g/mol. The second-order valence-corrected chi connectivity index (χ2v) is 6.54. The van der Waals surface area contributed by atoms with Crippen LogP contribution in [0.15, 0.2) is 53.5 Å². The van der Waals surface area contributed by atoms with Gasteiger partial charge >= 0.3 is 6.18 Å². The predicted molar refractivity (Wildman–Crippen MR) is 110 cm³/mol. The lowest BCUT2D eigenvalue weighted by Crippen LogP contribution is -2.41. The van der Waals surface area contributed by atoms with Gasteiger partial charge in [-0.2, -0.15) is 13.2 Å². The molecule has 0 saturated heterocycles. The second-order valence-electron chi connectivity index (χ2n) is 6.14. The molecular formula is C20H22ClF3N4O2. The zero-order valence-corrected chi connectivity index (χ0v) is 17.0. The van der Waals surface area contributed by atoms with Crippen LogP contribution in [0.3, 0.4) is 0 Å². The molecule has 0 aliphatic heterocycles. The maximum Gasteiger partial charge on any atom is 0.422 e. The number of aliphatic imine (C=N–C) groups is 1. The Balaban J connectivity index is 1.71. The molecule has 6 nitrogen and oxygen atoms in total. The lowest BCUT2D eigenvalue weighted by atomic mass is 10.2. The topological polar surface area (TPSA) is 74.8 Å². The van der Waals surface area contributed by atoms with Gasteiger partial charge in [0.2, 0.25) is 0 Å². The summed E-state index contributed by atoms with van der Waals surface area (Å²) in [5.41, 5.74) is 1.24. The summed E-state index contributed by atoms with van der Waals surface area (Å²) in [6.07, 6.45) is -4.37. The number of nitrogens with zero attached hydrogens (tertiary/aromatic N) is 1. The van der Waals surface area contributed by atoms with E-state index in [1.807, 2.05) is 0 Å². The maximum atomic E-state index is 12.2. The Morgan fingerprint density at radius 2 is 1.70 bits per heavy atom. The van der Waals surface area contributed by atoms with E-state index in [-0.39, 0.29) is 11.7 Å². The van der Waals surface area contributed by atoms with Crippen molar-refractivity contribution in [2.45, 2.75) is 12.7 Å². The van der Waals surface area contributed by atoms with Gasteiger partial charge in [-0.25, -0.2) is 0 Å². The molecular weight excluding hydrogens is 421 g/mol. The van der Waals surface area contributed by atoms with E-state index in [0.29, 0.717) is 36.2 Å². The van der Waals surface area contributed by atoms with E-state index in [9.17, 15) is 18.0 Å². The van der Waals surface area contributed by atoms with Crippen molar-refractivity contribution in [2.75, 3.05) is 26.7 Å². The fourth-order valence-electron chi connectivity index (χ4n) is 2.37. The molecule has 0 aliphatic rings. The molecule has 0 radical (unpaired) electrons. The summed E-state index contributed by atoms with van der Waals surface area (Å²) >= 11 is 5.99. The summed E-state index contributed by atoms with van der Waals surface area (Å²) in [5.74, 6) is 0.394. The molecule has 0 bridgehead atoms. The molecule has 2 rings (SSSR count). The first-order chi connectivity index (χ1) is 14.3. The first kappa shape index (κ1) is 23.3. The number of carbonyl (C=O) groups is 1. The number of rotatable bonds is 8. The zero-order valence-electron chi connectivity index (χ0n) is 16.2. The summed E-state index contributed by atoms with van der Waals surface area (Å²) in [6.45, 7) is -0.130. The lowest BCUT2D eigenvalue weighted by Gasteiger charge is -2.13. The van der Waals surface area contributed by atoms with E-state index in [2.05, 4.69) is 25.7 Å². The van der Waals surface area contributed by atoms with Gasteiger partial charge in [0.25, 0.3) is 5.91 Å². The van der Waals surface area contributed by atoms with Gasteiger partial charge in [-0.3, -0.25) is 9.79 Å². The first-order valence-corrected chi connectivity index (χ1v) is 9.42. The predicted octanol–water partition coefficient (Wildman–Crippen LogP) is 3.38. The van der Waals surface area contributed by atoms with Gasteiger partial charge in [-0.05, 0) is 29.8 Å². The molecule has 30 heavy (non-hydrogen) atoms. The molecule has 0 heterocycles. The van der Waals surface area contributed by atoms with Gasteiger partial charge < -0.3 is 20.7 Å². The number of ether oxygens (including phenoxy) is 1. The molecule has 0 aliphatic carbocycles. The normalized spacial score (nSPS) is 11.7. The Bertz CT molecular complexity index is 858. The van der Waals surface area contributed by atoms with Crippen molar-refractivity contribution in [3.8, 4) is 5.75 Å². The summed E-state index contributed by atoms with van der Waals surface area (Å²) in [5, 5.41) is 9.27. The number of guanidine groups is 1. The average Bonchev–Trinajstić information content (AvgIpc) is 2.72. The van der Waals surface area contributed by atoms with E-state index in [0.717, 1.165) is 5.56 Å². The number of alkyl halides is 3. The van der Waals surface area contributed by atoms with Gasteiger partial charge in [-0.15, -0.1) is 0 Å². The van der Waals surface area contributed by atoms with Crippen molar-refractivity contribution in [3.63, 3.8) is 0 Å². The molecule has 0 aromatic heterocycles. The second kappa shape index (κ2) is 11.3. The number of halogens is 4. The SMILES string of the molecule is CN=C(NCCNC(=O)c1ccccc1Cl)NCc1ccc(OCC(F)(F)F)cc1. The molecule has 2 aromatic carbocycles. The molecule has 3 N–H and O–H groups in total. The highest BCUT2D eigenvalue weighted by molar-refractivity contribution is 6.33. The van der Waals surface area contributed by atoms with Gasteiger partial charge in [-0.1, -0.05) is 35.9 Å². The fourth-order valence-corrected chi connectivity index (χ4v) is 2.59. The first-order valence-electron chi connectivity index (χ1n) is 9.04. The number of nitrogens with one attached hydrogen (secondary N) is 3. The molecule has 10 heteroatoms. The van der Waals surface area contributed by atoms with E-state index in [4.69, 9.17) is 11.6 Å². The van der Waals surface area contributed by atoms with Crippen LogP contribution in [0.2, 0.25) is 5.02 Å². The largest absolute Gasteiger partial charge is 0.484 e. The minimum Gasteiger partial charge on any atom is -0.484 e. The third-order valence-electron chi connectivity index (χ3n) is 3.83. The van der Waals surface area contributed by atoms with Crippen LogP contribution >= 0.6 is 11.6 Å². The molecule has 0 fully saturated rings. The third kappa shape index (κ3) is 8.20. The zero-order chi connectivity index (χ0) is 22.0. The van der Waals surface area contributed by atoms with E-state index in [1.54, 1.807) is 43.4 Å². The van der Waals surface area contributed by atoms with Crippen LogP contribution in [0.1, 0.15) is 15.9 Å². The molecule has 1 amide bonds. The number of hydrogen-bond acceptors (Lipinski definition) is 3. The Labute approximate surface area is 177 Å². The van der Waals surface area contributed by atoms with Crippen molar-refractivity contribution >= 4 is 23.5 Å². The number of benzene rings is 2. The number of carbonyl (C=O) groups excluding carboxylic acids is 1. The number of amides is 1. The summed E-state index contributed by atoms with van der Waals surface area (Å²) in [7, 11) is 1.60. The lowest BCUT2D eigenvalue weighted by molar-refractivity contribution is -0.153. The minimum absolute atomic E-state index is 0.146. The smallest absolute Gasteiger partial charge is 0.422 e. The van der Waals surface area contributed by atoms with Crippen molar-refractivity contribution in [3.05, 3.63) is 64.7 Å². The summed E-state index contributed by atoms with van der Waals surface area (Å²) in [6, 6.07) is 13.1. The molecule has 0 spiro atoms. The highest BCUT2D eigenvalue weighted by atomic mass is 35.5. The summed E-state index contributed by atoms with van der Waals surface area (Å²) in [4.78, 5) is 16.2. The van der Waals surface area contributed by atoms with Crippen LogP contribution in [0.5, 0.6) is 5.75 Å². The quantitative estimate of drug-likeness (QED) is 0.333. The van der Waals surface area contributed by atoms with Crippen molar-refractivity contribution in [2.24, 2.45) is 4.99 Å². The Kier molecular flexibility index (Phi) is 8.79. The maximum absolute atomic E-state index is 12.2. The van der Waals surface area contributed by atoms with E-state index < -0.39 is 12.8 Å². The van der Waals surface area contributed by atoms with Gasteiger partial charge in [0, 0.05) is 26.7 Å². The molecule has 0 unspecified atom stereocenters. The molecule has 2 aromatic rings. The highest BCUT2D eigenvalue weighted by Gasteiger charge is 2.28. The van der Waals surface area contributed by atoms with Crippen LogP contribution in [0, 0.1) is 0 Å². The monoisotopic (exact) mass is 442 g/mol. The van der Waals surface area contributed by atoms with Crippen molar-refractivity contribution in [1.82, 2.24) is 16.0 Å². The van der Waals surface area contributed by atoms with Crippen LogP contribution in [-0.4, -0.2) is 44.8 Å². The fraction of sp³-hybridized carbons (Fsp3) is 0.300. The van der Waals surface area contributed by atoms with Crippen LogP contribution < -0.4 is 20.7 Å². The standard InChI is InChI=1S/C20H22ClF3N4O2/c1-25-19(27-11-10-26-18(29)16-4-2-3-5-17(16)21)28-12-14-6-8-15(9-7-14)30-13-20(22,23)24/h2-9H,10-13H2,1H3,(H,26,29)(H2,25,27,28). The van der Waals surface area contributed by atoms with Crippen molar-refractivity contribution < 1.29 is 22.7 Å². The Morgan fingerprint density at radius 1 is 1.03 bits per heavy atom. The molecule has 162 valence electrons. The third-order valence-corrected chi connectivity index (χ3v) is 4.16. The Morgan fingerprint density at radius 3 is 2.33 bits per heavy atom. The van der Waals surface area contributed by atoms with Crippen molar-refractivity contribution in [1.29, 1.82) is 0 Å². The van der Waals surface area contributed by atoms with Crippen LogP contribution in [-0.2, 0) is 6.54 Å². The summed E-state index contributed by atoms with van der Waals surface area (Å²) < 4.78 is 41.2. The van der Waals surface area contributed by atoms with Gasteiger partial charge in [0.05, 0.1) is 10.6 Å². The molecule has 0 atom stereocenters. The number of hydrogen-bond donors (Lipinski definition) is 3. The van der Waals surface area contributed by atoms with E-state index >= 15 is 0 Å². The van der Waals surface area contributed by atoms with Gasteiger partial charge in [0.15, 0.2) is 12.6 Å². The molecule has 0 saturated carbocycles. The van der Waals surface area contributed by atoms with Crippen LogP contribution in [0.4, 0.5) is 13.2 Å². The van der Waals surface area contributed by atoms with Gasteiger partial charge in [0.1, 0.15) is 5.75 Å². The minimum atomic E-state index is -4.37. The Hall–Kier alpha value is -2.94. The van der Waals surface area contributed by atoms with Crippen LogP contribution in [0.25, 0.3) is 0 Å². The van der Waals surface area contributed by atoms with E-state index in [1.165, 1.54) is 12.1 Å².